The molecule has 0 spiro atoms. The highest BCUT2D eigenvalue weighted by Crippen LogP contribution is 2.07. The van der Waals surface area contributed by atoms with Crippen LogP contribution in [0.3, 0.4) is 0 Å². The van der Waals surface area contributed by atoms with Gasteiger partial charge in [0, 0.05) is 26.4 Å². The summed E-state index contributed by atoms with van der Waals surface area (Å²) in [5, 5.41) is 24.4. The summed E-state index contributed by atoms with van der Waals surface area (Å²) in [4.78, 5) is 99.3. The highest BCUT2D eigenvalue weighted by molar-refractivity contribution is 5.97. The largest absolute Gasteiger partial charge is 0.370 e. The van der Waals surface area contributed by atoms with Crippen LogP contribution in [0, 0.1) is 5.41 Å². The molecule has 1 saturated heterocycles. The Morgan fingerprint density at radius 2 is 1.36 bits per heavy atom. The summed E-state index contributed by atoms with van der Waals surface area (Å²) < 4.78 is 0. The quantitative estimate of drug-likeness (QED) is 0.0556. The van der Waals surface area contributed by atoms with Crippen molar-refractivity contribution in [2.24, 2.45) is 17.2 Å². The number of nitrogens with two attached hydrogens (primary N) is 3. The van der Waals surface area contributed by atoms with Gasteiger partial charge < -0.3 is 54.4 Å². The molecule has 0 saturated carbocycles. The molecule has 0 aliphatic carbocycles. The van der Waals surface area contributed by atoms with Crippen LogP contribution in [-0.2, 0) is 38.4 Å². The molecule has 1 rings (SSSR count). The summed E-state index contributed by atoms with van der Waals surface area (Å²) in [6.07, 6.45) is 0.0111. The standard InChI is InChI=1S/C25H43N11O8/c1-13(37)30-9-3-2-5-15-24(44)36-17(11-18(26)38)22(42)32-12-20(40)34-16(6-4-10-31-25(28)29)23(43)35-14(21(27)41)7-8-19(39)33-15/h14-17H,2-12H2,1H3,(H2,26,38)(H2,27,41)(H,30,37)(H,32,42)(H,33,39)(H,34,40)(H,35,43)(H,36,44)(H4,28,29,31)/t14?,15?,16?,17-/m1/s1. The minimum atomic E-state index is -1.49. The molecular weight excluding hydrogens is 582 g/mol. The molecular formula is C25H43N11O8. The van der Waals surface area contributed by atoms with Gasteiger partial charge in [-0.15, -0.1) is 0 Å². The van der Waals surface area contributed by atoms with Crippen LogP contribution < -0.4 is 54.4 Å². The predicted molar refractivity (Wildman–Crippen MR) is 155 cm³/mol. The summed E-state index contributed by atoms with van der Waals surface area (Å²) >= 11 is 0. The molecule has 8 amide bonds. The van der Waals surface area contributed by atoms with Crippen molar-refractivity contribution < 1.29 is 38.4 Å². The molecule has 1 heterocycles. The molecule has 0 radical (unpaired) electrons. The normalized spacial score (nSPS) is 22.2. The van der Waals surface area contributed by atoms with Gasteiger partial charge in [-0.3, -0.25) is 43.8 Å². The number of guanidine groups is 1. The van der Waals surface area contributed by atoms with Crippen molar-refractivity contribution in [3.05, 3.63) is 0 Å². The van der Waals surface area contributed by atoms with Gasteiger partial charge in [0.25, 0.3) is 0 Å². The number of hydrogen-bond acceptors (Lipinski definition) is 9. The second-order valence-corrected chi connectivity index (χ2v) is 10.2. The molecule has 0 bridgehead atoms. The van der Waals surface area contributed by atoms with E-state index in [9.17, 15) is 38.4 Å². The Bertz CT molecular complexity index is 1100. The molecule has 14 N–H and O–H groups in total. The second-order valence-electron chi connectivity index (χ2n) is 10.2. The molecule has 0 aromatic rings. The fourth-order valence-corrected chi connectivity index (χ4v) is 4.12. The van der Waals surface area contributed by atoms with E-state index >= 15 is 0 Å². The van der Waals surface area contributed by atoms with E-state index in [1.165, 1.54) is 6.92 Å². The maximum Gasteiger partial charge on any atom is 0.243 e. The van der Waals surface area contributed by atoms with E-state index in [-0.39, 0.29) is 50.5 Å². The Hall–Kier alpha value is -4.97. The molecule has 0 aromatic carbocycles. The maximum atomic E-state index is 13.1. The Morgan fingerprint density at radius 1 is 0.773 bits per heavy atom. The lowest BCUT2D eigenvalue weighted by Gasteiger charge is -2.23. The third-order valence-corrected chi connectivity index (χ3v) is 6.36. The zero-order valence-corrected chi connectivity index (χ0v) is 24.6. The van der Waals surface area contributed by atoms with Crippen LogP contribution in [0.5, 0.6) is 0 Å². The van der Waals surface area contributed by atoms with E-state index in [0.29, 0.717) is 19.4 Å². The molecule has 1 fully saturated rings. The van der Waals surface area contributed by atoms with Crippen molar-refractivity contribution in [2.75, 3.05) is 19.6 Å². The number of nitrogens with one attached hydrogen (secondary N) is 8. The van der Waals surface area contributed by atoms with Crippen LogP contribution in [0.2, 0.25) is 0 Å². The molecule has 246 valence electrons. The minimum Gasteiger partial charge on any atom is -0.370 e. The van der Waals surface area contributed by atoms with Gasteiger partial charge >= 0.3 is 0 Å². The van der Waals surface area contributed by atoms with Crippen molar-refractivity contribution in [2.45, 2.75) is 82.5 Å². The van der Waals surface area contributed by atoms with Gasteiger partial charge in [-0.25, -0.2) is 0 Å². The van der Waals surface area contributed by atoms with Gasteiger partial charge in [0.1, 0.15) is 24.2 Å². The van der Waals surface area contributed by atoms with Crippen molar-refractivity contribution in [1.82, 2.24) is 37.2 Å². The topological polar surface area (TPSA) is 323 Å². The van der Waals surface area contributed by atoms with E-state index in [4.69, 9.17) is 22.6 Å². The van der Waals surface area contributed by atoms with Gasteiger partial charge in [-0.05, 0) is 38.5 Å². The molecule has 1 aliphatic heterocycles. The number of rotatable bonds is 12. The van der Waals surface area contributed by atoms with Crippen LogP contribution in [0.4, 0.5) is 0 Å². The number of carbonyl (C=O) groups excluding carboxylic acids is 8. The average molecular weight is 626 g/mol. The number of hydrogen-bond donors (Lipinski definition) is 11. The van der Waals surface area contributed by atoms with E-state index < -0.39 is 78.5 Å². The SMILES string of the molecule is CC(=O)NCCCCC1NC(=O)CCC(C(N)=O)NC(=O)C(CCCNC(=N)N)NC(=O)CNC(=O)[C@@H](CC(N)=O)NC1=O. The van der Waals surface area contributed by atoms with Crippen LogP contribution in [0.15, 0.2) is 0 Å². The zero-order chi connectivity index (χ0) is 33.2. The van der Waals surface area contributed by atoms with Gasteiger partial charge in [0.15, 0.2) is 5.96 Å². The van der Waals surface area contributed by atoms with Crippen molar-refractivity contribution in [1.29, 1.82) is 5.41 Å². The summed E-state index contributed by atoms with van der Waals surface area (Å²) in [6.45, 7) is 1.21. The summed E-state index contributed by atoms with van der Waals surface area (Å²) in [5.41, 5.74) is 15.9. The number of unbranched alkanes of at least 4 members (excludes halogenated alkanes) is 1. The first-order valence-electron chi connectivity index (χ1n) is 14.1. The average Bonchev–Trinajstić information content (AvgIpc) is 2.92. The lowest BCUT2D eigenvalue weighted by atomic mass is 10.1. The third-order valence-electron chi connectivity index (χ3n) is 6.36. The highest BCUT2D eigenvalue weighted by Gasteiger charge is 2.30. The highest BCUT2D eigenvalue weighted by atomic mass is 16.2. The van der Waals surface area contributed by atoms with Crippen LogP contribution in [0.25, 0.3) is 0 Å². The molecule has 19 nitrogen and oxygen atoms in total. The molecule has 4 atom stereocenters. The van der Waals surface area contributed by atoms with E-state index in [2.05, 4.69) is 37.2 Å². The molecule has 1 aliphatic rings. The number of primary amides is 2. The lowest BCUT2D eigenvalue weighted by Crippen LogP contribution is -2.56. The third kappa shape index (κ3) is 15.3. The Morgan fingerprint density at radius 3 is 1.95 bits per heavy atom. The molecule has 0 aromatic heterocycles. The van der Waals surface area contributed by atoms with Gasteiger partial charge in [-0.2, -0.15) is 0 Å². The van der Waals surface area contributed by atoms with E-state index in [1.807, 2.05) is 0 Å². The molecule has 19 heteroatoms. The van der Waals surface area contributed by atoms with Crippen molar-refractivity contribution in [3.63, 3.8) is 0 Å². The number of amides is 8. The van der Waals surface area contributed by atoms with Crippen molar-refractivity contribution in [3.8, 4) is 0 Å². The monoisotopic (exact) mass is 625 g/mol. The first-order chi connectivity index (χ1) is 20.7. The van der Waals surface area contributed by atoms with Crippen molar-refractivity contribution >= 4 is 53.2 Å². The fraction of sp³-hybridized carbons (Fsp3) is 0.640. The second kappa shape index (κ2) is 19.3. The molecule has 44 heavy (non-hydrogen) atoms. The summed E-state index contributed by atoms with van der Waals surface area (Å²) in [6, 6.07) is -5.18. The van der Waals surface area contributed by atoms with Gasteiger partial charge in [-0.1, -0.05) is 0 Å². The Labute approximate surface area is 253 Å². The maximum absolute atomic E-state index is 13.1. The number of carbonyl (C=O) groups is 8. The summed E-state index contributed by atoms with van der Waals surface area (Å²) in [7, 11) is 0. The Kier molecular flexibility index (Phi) is 16.2. The first kappa shape index (κ1) is 37.1. The van der Waals surface area contributed by atoms with Crippen LogP contribution in [0.1, 0.15) is 58.3 Å². The molecule has 3 unspecified atom stereocenters. The summed E-state index contributed by atoms with van der Waals surface area (Å²) in [5.74, 6) is -6.42. The predicted octanol–water partition coefficient (Wildman–Crippen LogP) is -5.23. The fourth-order valence-electron chi connectivity index (χ4n) is 4.12. The zero-order valence-electron chi connectivity index (χ0n) is 24.6. The van der Waals surface area contributed by atoms with E-state index in [1.54, 1.807) is 0 Å². The lowest BCUT2D eigenvalue weighted by molar-refractivity contribution is -0.134. The van der Waals surface area contributed by atoms with Gasteiger partial charge in [0.05, 0.1) is 13.0 Å². The first-order valence-corrected chi connectivity index (χ1v) is 14.1. The van der Waals surface area contributed by atoms with Gasteiger partial charge in [0.2, 0.25) is 47.3 Å². The van der Waals surface area contributed by atoms with E-state index in [0.717, 1.165) is 0 Å². The van der Waals surface area contributed by atoms with Crippen LogP contribution in [-0.4, -0.2) is 97.0 Å². The van der Waals surface area contributed by atoms with Crippen LogP contribution >= 0.6 is 0 Å². The minimum absolute atomic E-state index is 0.0295. The Balaban J connectivity index is 3.23. The smallest absolute Gasteiger partial charge is 0.243 e.